The number of anilines is 1. The summed E-state index contributed by atoms with van der Waals surface area (Å²) in [5.41, 5.74) is 3.68. The quantitative estimate of drug-likeness (QED) is 0.695. The Morgan fingerprint density at radius 2 is 1.68 bits per heavy atom. The highest BCUT2D eigenvalue weighted by molar-refractivity contribution is 5.99. The Morgan fingerprint density at radius 3 is 2.32 bits per heavy atom. The molecule has 1 aliphatic rings. The van der Waals surface area contributed by atoms with Gasteiger partial charge in [0.15, 0.2) is 5.76 Å². The van der Waals surface area contributed by atoms with Crippen molar-refractivity contribution in [3.8, 4) is 17.1 Å². The second-order valence-electron chi connectivity index (χ2n) is 6.91. The highest BCUT2D eigenvalue weighted by Crippen LogP contribution is 2.26. The summed E-state index contributed by atoms with van der Waals surface area (Å²) >= 11 is 0. The predicted molar refractivity (Wildman–Crippen MR) is 108 cm³/mol. The van der Waals surface area contributed by atoms with E-state index in [0.29, 0.717) is 24.4 Å². The molecule has 3 aromatic rings. The fourth-order valence-electron chi connectivity index (χ4n) is 3.44. The van der Waals surface area contributed by atoms with Gasteiger partial charge in [-0.2, -0.15) is 0 Å². The normalized spacial score (nSPS) is 14.2. The van der Waals surface area contributed by atoms with E-state index in [0.717, 1.165) is 35.7 Å². The van der Waals surface area contributed by atoms with Crippen molar-refractivity contribution in [2.75, 3.05) is 38.2 Å². The smallest absolute Gasteiger partial charge is 0.259 e. The fourth-order valence-corrected chi connectivity index (χ4v) is 3.44. The number of methoxy groups -OCH3 is 1. The van der Waals surface area contributed by atoms with Crippen LogP contribution in [0.2, 0.25) is 0 Å². The third kappa shape index (κ3) is 3.58. The summed E-state index contributed by atoms with van der Waals surface area (Å²) in [6.07, 6.45) is 1.52. The zero-order chi connectivity index (χ0) is 19.5. The Balaban J connectivity index is 1.44. The molecule has 144 valence electrons. The zero-order valence-corrected chi connectivity index (χ0v) is 16.1. The summed E-state index contributed by atoms with van der Waals surface area (Å²) in [6.45, 7) is 4.90. The first-order valence-electron chi connectivity index (χ1n) is 9.35. The van der Waals surface area contributed by atoms with Crippen molar-refractivity contribution >= 4 is 11.6 Å². The molecule has 0 bridgehead atoms. The van der Waals surface area contributed by atoms with E-state index >= 15 is 0 Å². The SMILES string of the molecule is COc1ccc(N2CCN(C(=O)c3cnoc3-c3ccc(C)cc3)CC2)cc1. The van der Waals surface area contributed by atoms with Crippen LogP contribution in [0.5, 0.6) is 5.75 Å². The average molecular weight is 377 g/mol. The van der Waals surface area contributed by atoms with Crippen LogP contribution in [-0.4, -0.2) is 49.3 Å². The van der Waals surface area contributed by atoms with E-state index in [9.17, 15) is 4.79 Å². The van der Waals surface area contributed by atoms with Crippen LogP contribution in [0, 0.1) is 6.92 Å². The molecule has 1 saturated heterocycles. The van der Waals surface area contributed by atoms with E-state index < -0.39 is 0 Å². The van der Waals surface area contributed by atoms with Crippen molar-refractivity contribution < 1.29 is 14.1 Å². The van der Waals surface area contributed by atoms with Gasteiger partial charge in [-0.15, -0.1) is 0 Å². The van der Waals surface area contributed by atoms with Gasteiger partial charge < -0.3 is 19.1 Å². The largest absolute Gasteiger partial charge is 0.497 e. The maximum atomic E-state index is 13.0. The highest BCUT2D eigenvalue weighted by Gasteiger charge is 2.26. The molecule has 1 fully saturated rings. The van der Waals surface area contributed by atoms with E-state index in [2.05, 4.69) is 10.1 Å². The minimum absolute atomic E-state index is 0.0359. The maximum Gasteiger partial charge on any atom is 0.259 e. The van der Waals surface area contributed by atoms with Crippen molar-refractivity contribution in [3.63, 3.8) is 0 Å². The monoisotopic (exact) mass is 377 g/mol. The van der Waals surface area contributed by atoms with Gasteiger partial charge in [-0.3, -0.25) is 4.79 Å². The van der Waals surface area contributed by atoms with E-state index in [1.807, 2.05) is 60.4 Å². The number of piperazine rings is 1. The first kappa shape index (κ1) is 18.1. The summed E-state index contributed by atoms with van der Waals surface area (Å²) in [5, 5.41) is 3.87. The Kier molecular flexibility index (Phi) is 5.02. The number of rotatable bonds is 4. The van der Waals surface area contributed by atoms with Gasteiger partial charge >= 0.3 is 0 Å². The topological polar surface area (TPSA) is 58.8 Å². The van der Waals surface area contributed by atoms with Gasteiger partial charge in [0.25, 0.3) is 5.91 Å². The Labute approximate surface area is 164 Å². The molecule has 0 saturated carbocycles. The highest BCUT2D eigenvalue weighted by atomic mass is 16.5. The van der Waals surface area contributed by atoms with Crippen molar-refractivity contribution in [2.24, 2.45) is 0 Å². The number of hydrogen-bond donors (Lipinski definition) is 0. The molecule has 6 nitrogen and oxygen atoms in total. The minimum Gasteiger partial charge on any atom is -0.497 e. The van der Waals surface area contributed by atoms with Crippen LogP contribution < -0.4 is 9.64 Å². The number of benzene rings is 2. The van der Waals surface area contributed by atoms with Crippen molar-refractivity contribution in [3.05, 3.63) is 65.9 Å². The van der Waals surface area contributed by atoms with Gasteiger partial charge in [0.05, 0.1) is 13.3 Å². The molecule has 0 unspecified atom stereocenters. The zero-order valence-electron chi connectivity index (χ0n) is 16.1. The summed E-state index contributed by atoms with van der Waals surface area (Å²) in [7, 11) is 1.66. The van der Waals surface area contributed by atoms with Crippen molar-refractivity contribution in [2.45, 2.75) is 6.92 Å². The standard InChI is InChI=1S/C22H23N3O3/c1-16-3-5-17(6-4-16)21-20(15-23-28-21)22(26)25-13-11-24(12-14-25)18-7-9-19(27-2)10-8-18/h3-10,15H,11-14H2,1-2H3. The number of ether oxygens (including phenoxy) is 1. The first-order valence-corrected chi connectivity index (χ1v) is 9.35. The van der Waals surface area contributed by atoms with Crippen LogP contribution in [-0.2, 0) is 0 Å². The van der Waals surface area contributed by atoms with E-state index in [-0.39, 0.29) is 5.91 Å². The summed E-state index contributed by atoms with van der Waals surface area (Å²) < 4.78 is 10.6. The molecule has 2 aromatic carbocycles. The van der Waals surface area contributed by atoms with Gasteiger partial charge in [0, 0.05) is 37.4 Å². The molecule has 0 N–H and O–H groups in total. The molecule has 4 rings (SSSR count). The van der Waals surface area contributed by atoms with Crippen LogP contribution in [0.4, 0.5) is 5.69 Å². The number of aromatic nitrogens is 1. The van der Waals surface area contributed by atoms with Crippen LogP contribution in [0.25, 0.3) is 11.3 Å². The lowest BCUT2D eigenvalue weighted by Gasteiger charge is -2.36. The molecule has 2 heterocycles. The summed E-state index contributed by atoms with van der Waals surface area (Å²) in [5.74, 6) is 1.34. The molecule has 6 heteroatoms. The molecule has 1 aliphatic heterocycles. The second kappa shape index (κ2) is 7.76. The molecule has 28 heavy (non-hydrogen) atoms. The third-order valence-electron chi connectivity index (χ3n) is 5.12. The molecule has 0 radical (unpaired) electrons. The lowest BCUT2D eigenvalue weighted by Crippen LogP contribution is -2.48. The number of hydrogen-bond acceptors (Lipinski definition) is 5. The van der Waals surface area contributed by atoms with Crippen molar-refractivity contribution in [1.29, 1.82) is 0 Å². The maximum absolute atomic E-state index is 13.0. The fraction of sp³-hybridized carbons (Fsp3) is 0.273. The molecule has 0 atom stereocenters. The van der Waals surface area contributed by atoms with Gasteiger partial charge in [0.2, 0.25) is 0 Å². The van der Waals surface area contributed by atoms with Crippen molar-refractivity contribution in [1.82, 2.24) is 10.1 Å². The van der Waals surface area contributed by atoms with Gasteiger partial charge in [-0.05, 0) is 31.2 Å². The second-order valence-corrected chi connectivity index (χ2v) is 6.91. The summed E-state index contributed by atoms with van der Waals surface area (Å²) in [6, 6.07) is 15.9. The molecule has 0 aliphatic carbocycles. The Hall–Kier alpha value is -3.28. The van der Waals surface area contributed by atoms with Gasteiger partial charge in [-0.25, -0.2) is 0 Å². The molecule has 1 amide bonds. The number of nitrogens with zero attached hydrogens (tertiary/aromatic N) is 3. The van der Waals surface area contributed by atoms with Gasteiger partial charge in [-0.1, -0.05) is 35.0 Å². The van der Waals surface area contributed by atoms with E-state index in [1.54, 1.807) is 7.11 Å². The van der Waals surface area contributed by atoms with E-state index in [4.69, 9.17) is 9.26 Å². The lowest BCUT2D eigenvalue weighted by molar-refractivity contribution is 0.0747. The van der Waals surface area contributed by atoms with Crippen LogP contribution in [0.3, 0.4) is 0 Å². The Bertz CT molecular complexity index is 940. The van der Waals surface area contributed by atoms with Crippen LogP contribution in [0.15, 0.2) is 59.3 Å². The number of carbonyl (C=O) groups excluding carboxylic acids is 1. The lowest BCUT2D eigenvalue weighted by atomic mass is 10.1. The van der Waals surface area contributed by atoms with Gasteiger partial charge in [0.1, 0.15) is 11.3 Å². The molecular weight excluding hydrogens is 354 g/mol. The van der Waals surface area contributed by atoms with Crippen LogP contribution >= 0.6 is 0 Å². The molecule has 0 spiro atoms. The molecule has 1 aromatic heterocycles. The minimum atomic E-state index is -0.0359. The summed E-state index contributed by atoms with van der Waals surface area (Å²) in [4.78, 5) is 17.2. The number of aryl methyl sites for hydroxylation is 1. The number of carbonyl (C=O) groups is 1. The Morgan fingerprint density at radius 1 is 1.00 bits per heavy atom. The molecular formula is C22H23N3O3. The predicted octanol–water partition coefficient (Wildman–Crippen LogP) is 3.62. The van der Waals surface area contributed by atoms with Crippen LogP contribution in [0.1, 0.15) is 15.9 Å². The average Bonchev–Trinajstić information content (AvgIpc) is 3.24. The van der Waals surface area contributed by atoms with E-state index in [1.165, 1.54) is 6.20 Å². The third-order valence-corrected chi connectivity index (χ3v) is 5.12. The first-order chi connectivity index (χ1) is 13.7. The number of amides is 1.